The fourth-order valence-corrected chi connectivity index (χ4v) is 2.73. The largest absolute Gasteiger partial charge is 0.482 e. The number of rotatable bonds is 6. The van der Waals surface area contributed by atoms with E-state index in [1.807, 2.05) is 4.57 Å². The van der Waals surface area contributed by atoms with Gasteiger partial charge >= 0.3 is 5.97 Å². The number of nitrogens with one attached hydrogen (secondary N) is 2. The molecule has 0 unspecified atom stereocenters. The lowest BCUT2D eigenvalue weighted by molar-refractivity contribution is -0.139. The number of amides is 1. The number of piperidine rings is 1. The highest BCUT2D eigenvalue weighted by Crippen LogP contribution is 2.19. The smallest absolute Gasteiger partial charge is 0.341 e. The van der Waals surface area contributed by atoms with Crippen molar-refractivity contribution < 1.29 is 19.4 Å². The van der Waals surface area contributed by atoms with E-state index in [0.29, 0.717) is 23.2 Å². The number of carbonyl (C=O) groups excluding carboxylic acids is 1. The molecule has 1 aliphatic rings. The summed E-state index contributed by atoms with van der Waals surface area (Å²) >= 11 is 0. The van der Waals surface area contributed by atoms with Crippen LogP contribution in [0.25, 0.3) is 0 Å². The predicted molar refractivity (Wildman–Crippen MR) is 90.9 cm³/mol. The third-order valence-electron chi connectivity index (χ3n) is 4.04. The molecule has 8 heteroatoms. The molecule has 3 rings (SSSR count). The molecule has 1 amide bonds. The maximum absolute atomic E-state index is 12.3. The minimum atomic E-state index is -1.04. The number of hydrogen-bond acceptors (Lipinski definition) is 5. The zero-order valence-electron chi connectivity index (χ0n) is 13.6. The van der Waals surface area contributed by atoms with Gasteiger partial charge in [-0.15, -0.1) is 0 Å². The van der Waals surface area contributed by atoms with Crippen LogP contribution in [0.4, 0.5) is 5.69 Å². The van der Waals surface area contributed by atoms with Crippen molar-refractivity contribution in [2.24, 2.45) is 0 Å². The summed E-state index contributed by atoms with van der Waals surface area (Å²) in [4.78, 5) is 27.0. The molecule has 0 atom stereocenters. The van der Waals surface area contributed by atoms with Crippen molar-refractivity contribution in [3.63, 3.8) is 0 Å². The molecule has 1 saturated heterocycles. The Labute approximate surface area is 144 Å². The van der Waals surface area contributed by atoms with Gasteiger partial charge in [-0.3, -0.25) is 4.79 Å². The monoisotopic (exact) mass is 344 g/mol. The molecule has 8 nitrogen and oxygen atoms in total. The summed E-state index contributed by atoms with van der Waals surface area (Å²) in [5.74, 6) is -0.899. The van der Waals surface area contributed by atoms with Gasteiger partial charge in [0.2, 0.25) is 0 Å². The number of carboxylic acid groups (broad SMARTS) is 1. The quantitative estimate of drug-likeness (QED) is 0.734. The molecule has 1 fully saturated rings. The van der Waals surface area contributed by atoms with Gasteiger partial charge in [0.15, 0.2) is 6.61 Å². The summed E-state index contributed by atoms with van der Waals surface area (Å²) in [6.07, 6.45) is 5.52. The van der Waals surface area contributed by atoms with Crippen LogP contribution in [0.2, 0.25) is 0 Å². The van der Waals surface area contributed by atoms with Gasteiger partial charge in [0, 0.05) is 17.9 Å². The molecule has 0 radical (unpaired) electrons. The van der Waals surface area contributed by atoms with Crippen LogP contribution in [-0.4, -0.2) is 46.2 Å². The molecule has 3 N–H and O–H groups in total. The van der Waals surface area contributed by atoms with E-state index in [0.717, 1.165) is 25.9 Å². The number of carboxylic acids is 1. The Morgan fingerprint density at radius 1 is 1.28 bits per heavy atom. The van der Waals surface area contributed by atoms with E-state index in [9.17, 15) is 9.59 Å². The SMILES string of the molecule is O=C(O)COc1ccc(NC(=O)c2cn(C3CCNCC3)cn2)cc1. The van der Waals surface area contributed by atoms with Crippen LogP contribution in [0.5, 0.6) is 5.75 Å². The van der Waals surface area contributed by atoms with E-state index in [-0.39, 0.29) is 5.91 Å². The van der Waals surface area contributed by atoms with Crippen molar-refractivity contribution >= 4 is 17.6 Å². The summed E-state index contributed by atoms with van der Waals surface area (Å²) in [6, 6.07) is 6.89. The first kappa shape index (κ1) is 17.0. The molecule has 1 aromatic carbocycles. The third-order valence-corrected chi connectivity index (χ3v) is 4.04. The molecule has 1 aliphatic heterocycles. The van der Waals surface area contributed by atoms with Crippen LogP contribution in [-0.2, 0) is 4.79 Å². The van der Waals surface area contributed by atoms with Crippen molar-refractivity contribution in [1.82, 2.24) is 14.9 Å². The first-order chi connectivity index (χ1) is 12.1. The highest BCUT2D eigenvalue weighted by Gasteiger charge is 2.17. The number of aromatic nitrogens is 2. The third kappa shape index (κ3) is 4.57. The van der Waals surface area contributed by atoms with Gasteiger partial charge < -0.3 is 25.0 Å². The predicted octanol–water partition coefficient (Wildman–Crippen LogP) is 1.52. The van der Waals surface area contributed by atoms with Crippen molar-refractivity contribution in [1.29, 1.82) is 0 Å². The molecule has 1 aromatic heterocycles. The lowest BCUT2D eigenvalue weighted by Gasteiger charge is -2.23. The number of ether oxygens (including phenoxy) is 1. The molecular weight excluding hydrogens is 324 g/mol. The average molecular weight is 344 g/mol. The number of imidazole rings is 1. The van der Waals surface area contributed by atoms with Gasteiger partial charge in [-0.1, -0.05) is 0 Å². The van der Waals surface area contributed by atoms with Crippen molar-refractivity contribution in [3.05, 3.63) is 42.5 Å². The zero-order valence-corrected chi connectivity index (χ0v) is 13.6. The summed E-state index contributed by atoms with van der Waals surface area (Å²) in [5.41, 5.74) is 0.953. The van der Waals surface area contributed by atoms with Crippen molar-refractivity contribution in [3.8, 4) is 5.75 Å². The molecule has 0 aliphatic carbocycles. The Balaban J connectivity index is 1.58. The fraction of sp³-hybridized carbons (Fsp3) is 0.353. The molecule has 2 heterocycles. The second kappa shape index (κ2) is 7.80. The highest BCUT2D eigenvalue weighted by molar-refractivity contribution is 6.02. The Morgan fingerprint density at radius 2 is 2.00 bits per heavy atom. The molecule has 2 aromatic rings. The Hall–Kier alpha value is -2.87. The number of carbonyl (C=O) groups is 2. The maximum atomic E-state index is 12.3. The van der Waals surface area contributed by atoms with Crippen LogP contribution in [0.1, 0.15) is 29.4 Å². The second-order valence-corrected chi connectivity index (χ2v) is 5.85. The first-order valence-corrected chi connectivity index (χ1v) is 8.12. The van der Waals surface area contributed by atoms with Gasteiger partial charge in [-0.25, -0.2) is 9.78 Å². The zero-order chi connectivity index (χ0) is 17.6. The number of anilines is 1. The second-order valence-electron chi connectivity index (χ2n) is 5.85. The van der Waals surface area contributed by atoms with Gasteiger partial charge in [-0.2, -0.15) is 0 Å². The van der Waals surface area contributed by atoms with E-state index >= 15 is 0 Å². The fourth-order valence-electron chi connectivity index (χ4n) is 2.73. The average Bonchev–Trinajstić information content (AvgIpc) is 3.12. The molecule has 132 valence electrons. The number of benzene rings is 1. The van der Waals surface area contributed by atoms with E-state index in [2.05, 4.69) is 15.6 Å². The molecule has 25 heavy (non-hydrogen) atoms. The van der Waals surface area contributed by atoms with Crippen LogP contribution in [0.15, 0.2) is 36.8 Å². The van der Waals surface area contributed by atoms with E-state index in [4.69, 9.17) is 9.84 Å². The molecular formula is C17H20N4O4. The normalized spacial score (nSPS) is 14.9. The van der Waals surface area contributed by atoms with Gasteiger partial charge in [0.05, 0.1) is 6.33 Å². The number of hydrogen-bond donors (Lipinski definition) is 3. The number of nitrogens with zero attached hydrogens (tertiary/aromatic N) is 2. The summed E-state index contributed by atoms with van der Waals surface area (Å²) in [7, 11) is 0. The van der Waals surface area contributed by atoms with Crippen LogP contribution in [0.3, 0.4) is 0 Å². The van der Waals surface area contributed by atoms with Gasteiger partial charge in [0.1, 0.15) is 11.4 Å². The van der Waals surface area contributed by atoms with Gasteiger partial charge in [0.25, 0.3) is 5.91 Å². The minimum absolute atomic E-state index is 0.285. The number of aliphatic carboxylic acids is 1. The van der Waals surface area contributed by atoms with E-state index in [1.54, 1.807) is 36.8 Å². The van der Waals surface area contributed by atoms with E-state index in [1.165, 1.54) is 0 Å². The lowest BCUT2D eigenvalue weighted by Crippen LogP contribution is -2.29. The highest BCUT2D eigenvalue weighted by atomic mass is 16.5. The van der Waals surface area contributed by atoms with Crippen molar-refractivity contribution in [2.75, 3.05) is 25.0 Å². The topological polar surface area (TPSA) is 105 Å². The molecule has 0 bridgehead atoms. The van der Waals surface area contributed by atoms with E-state index < -0.39 is 12.6 Å². The minimum Gasteiger partial charge on any atom is -0.482 e. The standard InChI is InChI=1S/C17H20N4O4/c22-16(23)10-25-14-3-1-12(2-4-14)20-17(24)15-9-21(11-19-15)13-5-7-18-8-6-13/h1-4,9,11,13,18H,5-8,10H2,(H,20,24)(H,22,23). The summed E-state index contributed by atoms with van der Waals surface area (Å²) in [6.45, 7) is 1.54. The van der Waals surface area contributed by atoms with Crippen molar-refractivity contribution in [2.45, 2.75) is 18.9 Å². The Bertz CT molecular complexity index is 735. The Morgan fingerprint density at radius 3 is 2.68 bits per heavy atom. The van der Waals surface area contributed by atoms with Crippen LogP contribution < -0.4 is 15.4 Å². The summed E-state index contributed by atoms with van der Waals surface area (Å²) in [5, 5.41) is 14.7. The van der Waals surface area contributed by atoms with Crippen LogP contribution in [0, 0.1) is 0 Å². The van der Waals surface area contributed by atoms with Gasteiger partial charge in [-0.05, 0) is 50.2 Å². The molecule has 0 spiro atoms. The Kier molecular flexibility index (Phi) is 5.30. The first-order valence-electron chi connectivity index (χ1n) is 8.12. The summed E-state index contributed by atoms with van der Waals surface area (Å²) < 4.78 is 7.05. The lowest BCUT2D eigenvalue weighted by atomic mass is 10.1. The maximum Gasteiger partial charge on any atom is 0.341 e. The molecule has 0 saturated carbocycles. The van der Waals surface area contributed by atoms with Crippen LogP contribution >= 0.6 is 0 Å².